The first-order chi connectivity index (χ1) is 7.83. The van der Waals surface area contributed by atoms with E-state index in [0.717, 1.165) is 12.3 Å². The minimum Gasteiger partial charge on any atom is -0.459 e. The summed E-state index contributed by atoms with van der Waals surface area (Å²) in [5, 5.41) is 8.93. The van der Waals surface area contributed by atoms with Crippen LogP contribution in [0.2, 0.25) is 0 Å². The molecule has 0 fully saturated rings. The van der Waals surface area contributed by atoms with Gasteiger partial charge in [-0.2, -0.15) is 5.26 Å². The lowest BCUT2D eigenvalue weighted by Gasteiger charge is -2.21. The molecule has 0 saturated carbocycles. The molecular formula is C12H13FN2O2. The van der Waals surface area contributed by atoms with Crippen LogP contribution < -0.4 is 0 Å². The standard InChI is InChI=1S/C12H13FN2O2/c1-12(2,3)17-11(16)9(6-14)10-5-4-8(13)7-15-10/h4-5,7,9H,1-3H3. The maximum Gasteiger partial charge on any atom is 0.330 e. The number of pyridine rings is 1. The van der Waals surface area contributed by atoms with Gasteiger partial charge in [-0.15, -0.1) is 0 Å². The summed E-state index contributed by atoms with van der Waals surface area (Å²) in [7, 11) is 0. The van der Waals surface area contributed by atoms with Crippen molar-refractivity contribution in [1.29, 1.82) is 5.26 Å². The Morgan fingerprint density at radius 3 is 2.59 bits per heavy atom. The number of esters is 1. The lowest BCUT2D eigenvalue weighted by Crippen LogP contribution is -2.27. The van der Waals surface area contributed by atoms with Crippen LogP contribution in [0.15, 0.2) is 18.3 Å². The van der Waals surface area contributed by atoms with E-state index in [1.165, 1.54) is 6.07 Å². The Bertz CT molecular complexity index is 443. The first kappa shape index (κ1) is 13.1. The third kappa shape index (κ3) is 3.83. The fourth-order valence-electron chi connectivity index (χ4n) is 1.16. The van der Waals surface area contributed by atoms with E-state index in [2.05, 4.69) is 4.98 Å². The Morgan fingerprint density at radius 1 is 1.53 bits per heavy atom. The molecule has 0 N–H and O–H groups in total. The van der Waals surface area contributed by atoms with Crippen molar-refractivity contribution < 1.29 is 13.9 Å². The summed E-state index contributed by atoms with van der Waals surface area (Å²) in [4.78, 5) is 15.4. The second kappa shape index (κ2) is 4.91. The molecule has 0 spiro atoms. The van der Waals surface area contributed by atoms with Crippen molar-refractivity contribution in [1.82, 2.24) is 4.98 Å². The molecule has 4 nitrogen and oxygen atoms in total. The number of ether oxygens (including phenoxy) is 1. The van der Waals surface area contributed by atoms with Crippen molar-refractivity contribution in [3.8, 4) is 6.07 Å². The predicted octanol–water partition coefficient (Wildman–Crippen LogP) is 2.17. The highest BCUT2D eigenvalue weighted by atomic mass is 19.1. The zero-order valence-corrected chi connectivity index (χ0v) is 9.90. The zero-order valence-electron chi connectivity index (χ0n) is 9.90. The van der Waals surface area contributed by atoms with E-state index in [1.807, 2.05) is 0 Å². The normalized spacial score (nSPS) is 12.6. The van der Waals surface area contributed by atoms with Gasteiger partial charge >= 0.3 is 5.97 Å². The second-order valence-electron chi connectivity index (χ2n) is 4.50. The molecule has 1 heterocycles. The van der Waals surface area contributed by atoms with Crippen LogP contribution in [0.5, 0.6) is 0 Å². The predicted molar refractivity (Wildman–Crippen MR) is 58.4 cm³/mol. The first-order valence-electron chi connectivity index (χ1n) is 5.07. The summed E-state index contributed by atoms with van der Waals surface area (Å²) in [6.45, 7) is 5.12. The maximum absolute atomic E-state index is 12.7. The van der Waals surface area contributed by atoms with E-state index in [0.29, 0.717) is 0 Å². The average molecular weight is 236 g/mol. The van der Waals surface area contributed by atoms with Gasteiger partial charge in [-0.05, 0) is 32.9 Å². The van der Waals surface area contributed by atoms with Crippen LogP contribution >= 0.6 is 0 Å². The highest BCUT2D eigenvalue weighted by Gasteiger charge is 2.27. The highest BCUT2D eigenvalue weighted by molar-refractivity contribution is 5.81. The molecule has 0 aliphatic carbocycles. The number of carbonyl (C=O) groups excluding carboxylic acids is 1. The molecule has 0 bridgehead atoms. The van der Waals surface area contributed by atoms with Crippen LogP contribution in [0.1, 0.15) is 32.4 Å². The smallest absolute Gasteiger partial charge is 0.330 e. The first-order valence-corrected chi connectivity index (χ1v) is 5.07. The van der Waals surface area contributed by atoms with Gasteiger partial charge in [0.2, 0.25) is 0 Å². The highest BCUT2D eigenvalue weighted by Crippen LogP contribution is 2.18. The van der Waals surface area contributed by atoms with Crippen LogP contribution in [0, 0.1) is 17.1 Å². The minimum atomic E-state index is -1.13. The summed E-state index contributed by atoms with van der Waals surface area (Å²) >= 11 is 0. The number of nitrogens with zero attached hydrogens (tertiary/aromatic N) is 2. The van der Waals surface area contributed by atoms with Crippen molar-refractivity contribution in [3.05, 3.63) is 29.8 Å². The number of rotatable bonds is 2. The van der Waals surface area contributed by atoms with Crippen molar-refractivity contribution in [3.63, 3.8) is 0 Å². The van der Waals surface area contributed by atoms with E-state index in [4.69, 9.17) is 10.00 Å². The molecule has 1 rings (SSSR count). The Balaban J connectivity index is 2.90. The molecule has 0 saturated heterocycles. The van der Waals surface area contributed by atoms with Gasteiger partial charge in [0.15, 0.2) is 5.92 Å². The molecule has 0 aliphatic heterocycles. The molecule has 0 amide bonds. The van der Waals surface area contributed by atoms with Crippen LogP contribution in [0.4, 0.5) is 4.39 Å². The molecule has 1 atom stereocenters. The Kier molecular flexibility index (Phi) is 3.79. The number of halogens is 1. The van der Waals surface area contributed by atoms with Gasteiger partial charge in [-0.3, -0.25) is 9.78 Å². The van der Waals surface area contributed by atoms with E-state index in [9.17, 15) is 9.18 Å². The summed E-state index contributed by atoms with van der Waals surface area (Å²) in [6.07, 6.45) is 0.962. The summed E-state index contributed by atoms with van der Waals surface area (Å²) in [6, 6.07) is 4.25. The fourth-order valence-corrected chi connectivity index (χ4v) is 1.16. The van der Waals surface area contributed by atoms with Gasteiger partial charge in [0.25, 0.3) is 0 Å². The number of aromatic nitrogens is 1. The molecule has 0 aliphatic rings. The van der Waals surface area contributed by atoms with Gasteiger partial charge in [0.05, 0.1) is 18.0 Å². The van der Waals surface area contributed by atoms with E-state index < -0.39 is 23.3 Å². The second-order valence-corrected chi connectivity index (χ2v) is 4.50. The Labute approximate surface area is 99.0 Å². The van der Waals surface area contributed by atoms with E-state index in [1.54, 1.807) is 26.8 Å². The molecule has 1 aromatic heterocycles. The van der Waals surface area contributed by atoms with E-state index in [-0.39, 0.29) is 5.69 Å². The van der Waals surface area contributed by atoms with Crippen LogP contribution in [0.25, 0.3) is 0 Å². The maximum atomic E-state index is 12.7. The minimum absolute atomic E-state index is 0.183. The lowest BCUT2D eigenvalue weighted by molar-refractivity contribution is -0.155. The number of nitriles is 1. The molecule has 1 aromatic rings. The number of carbonyl (C=O) groups is 1. The molecule has 90 valence electrons. The number of hydrogen-bond acceptors (Lipinski definition) is 4. The molecule has 5 heteroatoms. The Morgan fingerprint density at radius 2 is 2.18 bits per heavy atom. The van der Waals surface area contributed by atoms with Gasteiger partial charge in [-0.1, -0.05) is 0 Å². The third-order valence-corrected chi connectivity index (χ3v) is 1.82. The monoisotopic (exact) mass is 236 g/mol. The third-order valence-electron chi connectivity index (χ3n) is 1.82. The summed E-state index contributed by atoms with van der Waals surface area (Å²) < 4.78 is 17.7. The van der Waals surface area contributed by atoms with Crippen LogP contribution in [0.3, 0.4) is 0 Å². The van der Waals surface area contributed by atoms with Gasteiger partial charge in [0, 0.05) is 0 Å². The zero-order chi connectivity index (χ0) is 13.1. The van der Waals surface area contributed by atoms with Crippen molar-refractivity contribution in [2.24, 2.45) is 0 Å². The fraction of sp³-hybridized carbons (Fsp3) is 0.417. The summed E-state index contributed by atoms with van der Waals surface area (Å²) in [5.41, 5.74) is -0.491. The van der Waals surface area contributed by atoms with Crippen molar-refractivity contribution >= 4 is 5.97 Å². The quantitative estimate of drug-likeness (QED) is 0.738. The van der Waals surface area contributed by atoms with Crippen molar-refractivity contribution in [2.75, 3.05) is 0 Å². The van der Waals surface area contributed by atoms with E-state index >= 15 is 0 Å². The molecular weight excluding hydrogens is 223 g/mol. The largest absolute Gasteiger partial charge is 0.459 e. The van der Waals surface area contributed by atoms with Crippen LogP contribution in [-0.4, -0.2) is 16.6 Å². The van der Waals surface area contributed by atoms with Gasteiger partial charge < -0.3 is 4.74 Å². The van der Waals surface area contributed by atoms with Gasteiger partial charge in [-0.25, -0.2) is 4.39 Å². The van der Waals surface area contributed by atoms with Gasteiger partial charge in [0.1, 0.15) is 11.4 Å². The molecule has 1 unspecified atom stereocenters. The molecule has 17 heavy (non-hydrogen) atoms. The average Bonchev–Trinajstić information content (AvgIpc) is 2.19. The topological polar surface area (TPSA) is 63.0 Å². The lowest BCUT2D eigenvalue weighted by atomic mass is 10.1. The SMILES string of the molecule is CC(C)(C)OC(=O)C(C#N)c1ccc(F)cn1. The Hall–Kier alpha value is -1.96. The molecule has 0 radical (unpaired) electrons. The number of hydrogen-bond donors (Lipinski definition) is 0. The van der Waals surface area contributed by atoms with Crippen LogP contribution in [-0.2, 0) is 9.53 Å². The molecule has 0 aromatic carbocycles. The van der Waals surface area contributed by atoms with Crippen molar-refractivity contribution in [2.45, 2.75) is 32.3 Å². The summed E-state index contributed by atoms with van der Waals surface area (Å²) in [5.74, 6) is -2.33.